The second-order valence-corrected chi connectivity index (χ2v) is 9.69. The molecule has 4 rings (SSSR count). The standard InChI is InChI=1S/C25H30N2O9/c1-4-35-15(29)10-36-21-18(24(26)33)23(32)25(34)13(19(21)27(2)3)9-12-8-11-6-5-7-14(28)16(11)20(30)17(12)22(25)31/h5-7,12-13,18-19,21,28,31,34H,4,8-10H2,1-3H3,(H2,26,33)/t12-,13-,18?,19-,21?,25-/m0/s1. The van der Waals surface area contributed by atoms with E-state index in [0.29, 0.717) is 5.56 Å². The summed E-state index contributed by atoms with van der Waals surface area (Å²) < 4.78 is 10.6. The number of primary amides is 1. The molecule has 0 aromatic heterocycles. The summed E-state index contributed by atoms with van der Waals surface area (Å²) in [5, 5.41) is 33.4. The summed E-state index contributed by atoms with van der Waals surface area (Å²) in [6.07, 6.45) is -0.843. The monoisotopic (exact) mass is 502 g/mol. The van der Waals surface area contributed by atoms with Gasteiger partial charge in [-0.05, 0) is 51.4 Å². The Morgan fingerprint density at radius 2 is 1.92 bits per heavy atom. The number of phenols is 1. The molecule has 36 heavy (non-hydrogen) atoms. The number of esters is 1. The zero-order valence-electron chi connectivity index (χ0n) is 20.3. The Labute approximate surface area is 207 Å². The molecule has 194 valence electrons. The number of benzene rings is 1. The quantitative estimate of drug-likeness (QED) is 0.303. The second kappa shape index (κ2) is 9.30. The van der Waals surface area contributed by atoms with Crippen LogP contribution in [0.2, 0.25) is 0 Å². The normalized spacial score (nSPS) is 31.5. The molecule has 2 unspecified atom stereocenters. The number of aliphatic hydroxyl groups excluding tert-OH is 1. The van der Waals surface area contributed by atoms with E-state index in [9.17, 15) is 34.5 Å². The van der Waals surface area contributed by atoms with E-state index < -0.39 is 71.3 Å². The minimum atomic E-state index is -2.60. The van der Waals surface area contributed by atoms with Crippen molar-refractivity contribution in [2.75, 3.05) is 27.3 Å². The molecule has 1 aromatic rings. The van der Waals surface area contributed by atoms with Crippen LogP contribution in [0.1, 0.15) is 29.3 Å². The summed E-state index contributed by atoms with van der Waals surface area (Å²) in [5.74, 6) is -7.98. The van der Waals surface area contributed by atoms with Gasteiger partial charge in [0.05, 0.1) is 18.3 Å². The van der Waals surface area contributed by atoms with Crippen molar-refractivity contribution in [3.05, 3.63) is 40.7 Å². The Balaban J connectivity index is 1.84. The first-order chi connectivity index (χ1) is 16.9. The van der Waals surface area contributed by atoms with E-state index >= 15 is 0 Å². The molecule has 3 aliphatic carbocycles. The fourth-order valence-corrected chi connectivity index (χ4v) is 6.07. The van der Waals surface area contributed by atoms with Gasteiger partial charge in [0, 0.05) is 17.5 Å². The van der Waals surface area contributed by atoms with Crippen LogP contribution in [-0.4, -0.2) is 88.7 Å². The van der Waals surface area contributed by atoms with E-state index in [0.717, 1.165) is 0 Å². The number of carbonyl (C=O) groups excluding carboxylic acids is 4. The largest absolute Gasteiger partial charge is 0.508 e. The van der Waals surface area contributed by atoms with Gasteiger partial charge in [0.25, 0.3) is 0 Å². The minimum absolute atomic E-state index is 0.00636. The number of aliphatic hydroxyl groups is 2. The first kappa shape index (κ1) is 25.8. The van der Waals surface area contributed by atoms with Gasteiger partial charge in [-0.25, -0.2) is 4.79 Å². The molecule has 0 radical (unpaired) electrons. The average molecular weight is 503 g/mol. The molecule has 0 spiro atoms. The number of nitrogens with zero attached hydrogens (tertiary/aromatic N) is 1. The topological polar surface area (TPSA) is 177 Å². The highest BCUT2D eigenvalue weighted by atomic mass is 16.6. The van der Waals surface area contributed by atoms with E-state index in [4.69, 9.17) is 15.2 Å². The number of Topliss-reactive ketones (excluding diaryl/α,β-unsaturated/α-hetero) is 2. The van der Waals surface area contributed by atoms with Crippen LogP contribution in [0.3, 0.4) is 0 Å². The molecule has 1 aromatic carbocycles. The van der Waals surface area contributed by atoms with Crippen LogP contribution in [0.4, 0.5) is 0 Å². The molecule has 0 heterocycles. The van der Waals surface area contributed by atoms with Crippen molar-refractivity contribution >= 4 is 23.4 Å². The third-order valence-corrected chi connectivity index (χ3v) is 7.50. The molecule has 0 saturated heterocycles. The number of hydrogen-bond donors (Lipinski definition) is 4. The van der Waals surface area contributed by atoms with Crippen molar-refractivity contribution in [1.82, 2.24) is 4.90 Å². The van der Waals surface area contributed by atoms with Gasteiger partial charge >= 0.3 is 5.97 Å². The van der Waals surface area contributed by atoms with E-state index in [2.05, 4.69) is 0 Å². The molecule has 1 amide bonds. The highest BCUT2D eigenvalue weighted by molar-refractivity contribution is 6.15. The number of amides is 1. The third-order valence-electron chi connectivity index (χ3n) is 7.50. The lowest BCUT2D eigenvalue weighted by molar-refractivity contribution is -0.188. The van der Waals surface area contributed by atoms with E-state index in [1.807, 2.05) is 0 Å². The van der Waals surface area contributed by atoms with Gasteiger partial charge in [-0.1, -0.05) is 12.1 Å². The summed E-state index contributed by atoms with van der Waals surface area (Å²) in [5.41, 5.74) is 3.39. The third kappa shape index (κ3) is 3.78. The molecular formula is C25H30N2O9. The number of carbonyl (C=O) groups is 4. The average Bonchev–Trinajstić information content (AvgIpc) is 2.79. The van der Waals surface area contributed by atoms with Crippen LogP contribution in [0, 0.1) is 17.8 Å². The SMILES string of the molecule is CCOC(=O)COC1C(C(N)=O)C(=O)[C@@]2(O)C(O)=C3C(=O)c4c(O)cccc4C[C@H]3C[C@H]2[C@@H]1N(C)C. The van der Waals surface area contributed by atoms with Gasteiger partial charge in [-0.3, -0.25) is 14.4 Å². The molecule has 0 bridgehead atoms. The van der Waals surface area contributed by atoms with Crippen molar-refractivity contribution in [3.63, 3.8) is 0 Å². The van der Waals surface area contributed by atoms with Crippen molar-refractivity contribution in [1.29, 1.82) is 0 Å². The van der Waals surface area contributed by atoms with Gasteiger partial charge in [-0.15, -0.1) is 0 Å². The minimum Gasteiger partial charge on any atom is -0.508 e. The highest BCUT2D eigenvalue weighted by Crippen LogP contribution is 2.52. The number of ketones is 2. The summed E-state index contributed by atoms with van der Waals surface area (Å²) in [6.45, 7) is 1.18. The maximum absolute atomic E-state index is 13.7. The molecule has 1 saturated carbocycles. The zero-order chi connectivity index (χ0) is 26.5. The molecule has 5 N–H and O–H groups in total. The van der Waals surface area contributed by atoms with Gasteiger partial charge in [-0.2, -0.15) is 0 Å². The maximum atomic E-state index is 13.7. The van der Waals surface area contributed by atoms with E-state index in [-0.39, 0.29) is 36.3 Å². The van der Waals surface area contributed by atoms with E-state index in [1.54, 1.807) is 38.1 Å². The van der Waals surface area contributed by atoms with Crippen LogP contribution in [0.5, 0.6) is 5.75 Å². The summed E-state index contributed by atoms with van der Waals surface area (Å²) in [7, 11) is 3.30. The number of ether oxygens (including phenoxy) is 2. The number of allylic oxidation sites excluding steroid dienone is 1. The Hall–Kier alpha value is -3.28. The lowest BCUT2D eigenvalue weighted by Gasteiger charge is -2.54. The summed E-state index contributed by atoms with van der Waals surface area (Å²) >= 11 is 0. The molecule has 3 aliphatic rings. The van der Waals surface area contributed by atoms with Gasteiger partial charge < -0.3 is 35.4 Å². The number of aromatic hydroxyl groups is 1. The van der Waals surface area contributed by atoms with E-state index in [1.165, 1.54) is 6.07 Å². The summed E-state index contributed by atoms with van der Waals surface area (Å²) in [4.78, 5) is 53.1. The van der Waals surface area contributed by atoms with Gasteiger partial charge in [0.2, 0.25) is 5.91 Å². The van der Waals surface area contributed by atoms with Crippen LogP contribution in [-0.2, 0) is 30.3 Å². The molecule has 1 fully saturated rings. The van der Waals surface area contributed by atoms with Crippen LogP contribution >= 0.6 is 0 Å². The Morgan fingerprint density at radius 3 is 2.53 bits per heavy atom. The number of rotatable bonds is 6. The zero-order valence-corrected chi connectivity index (χ0v) is 20.3. The van der Waals surface area contributed by atoms with Gasteiger partial charge in [0.15, 0.2) is 17.2 Å². The summed E-state index contributed by atoms with van der Waals surface area (Å²) in [6, 6.07) is 3.81. The second-order valence-electron chi connectivity index (χ2n) is 9.69. The predicted octanol–water partition coefficient (Wildman–Crippen LogP) is -0.127. The van der Waals surface area contributed by atoms with Crippen LogP contribution < -0.4 is 5.73 Å². The lowest BCUT2D eigenvalue weighted by atomic mass is 9.56. The molecular weight excluding hydrogens is 472 g/mol. The number of likely N-dealkylation sites (N-methyl/N-ethyl adjacent to an activating group) is 1. The van der Waals surface area contributed by atoms with Gasteiger partial charge in [0.1, 0.15) is 24.0 Å². The first-order valence-corrected chi connectivity index (χ1v) is 11.7. The number of hydrogen-bond acceptors (Lipinski definition) is 10. The Kier molecular flexibility index (Phi) is 6.67. The number of fused-ring (bicyclic) bond motifs is 3. The Morgan fingerprint density at radius 1 is 1.22 bits per heavy atom. The smallest absolute Gasteiger partial charge is 0.332 e. The van der Waals surface area contributed by atoms with Crippen LogP contribution in [0.15, 0.2) is 29.5 Å². The fourth-order valence-electron chi connectivity index (χ4n) is 6.07. The lowest BCUT2D eigenvalue weighted by Crippen LogP contribution is -2.71. The van der Waals surface area contributed by atoms with Crippen molar-refractivity contribution in [2.24, 2.45) is 23.5 Å². The molecule has 0 aliphatic heterocycles. The Bertz CT molecular complexity index is 1160. The fraction of sp³-hybridized carbons (Fsp3) is 0.520. The predicted molar refractivity (Wildman–Crippen MR) is 124 cm³/mol. The maximum Gasteiger partial charge on any atom is 0.332 e. The van der Waals surface area contributed by atoms with Crippen LogP contribution in [0.25, 0.3) is 0 Å². The van der Waals surface area contributed by atoms with Crippen molar-refractivity contribution < 1.29 is 44.0 Å². The number of phenolic OH excluding ortho intramolecular Hbond substituents is 1. The van der Waals surface area contributed by atoms with Crippen molar-refractivity contribution in [3.8, 4) is 5.75 Å². The number of nitrogens with two attached hydrogens (primary N) is 1. The molecule has 11 heteroatoms. The highest BCUT2D eigenvalue weighted by Gasteiger charge is 2.66. The molecule has 6 atom stereocenters. The van der Waals surface area contributed by atoms with Crippen molar-refractivity contribution in [2.45, 2.75) is 37.5 Å². The molecule has 11 nitrogen and oxygen atoms in total. The first-order valence-electron chi connectivity index (χ1n) is 11.7.